The van der Waals surface area contributed by atoms with E-state index in [0.717, 1.165) is 43.4 Å². The van der Waals surface area contributed by atoms with Gasteiger partial charge in [0.15, 0.2) is 0 Å². The molecular formula is C24H29Cl2O2Y-. The molecule has 0 aliphatic heterocycles. The first-order valence-corrected chi connectivity index (χ1v) is 11.0. The summed E-state index contributed by atoms with van der Waals surface area (Å²) in [6.45, 7) is 2.14. The summed E-state index contributed by atoms with van der Waals surface area (Å²) in [6, 6.07) is 16.3. The maximum atomic E-state index is 10.3. The molecule has 0 aromatic heterocycles. The van der Waals surface area contributed by atoms with E-state index >= 15 is 0 Å². The van der Waals surface area contributed by atoms with Crippen molar-refractivity contribution in [2.24, 2.45) is 5.92 Å². The Morgan fingerprint density at radius 1 is 1.14 bits per heavy atom. The van der Waals surface area contributed by atoms with E-state index in [1.54, 1.807) is 0 Å². The van der Waals surface area contributed by atoms with Crippen LogP contribution in [0.15, 0.2) is 48.5 Å². The van der Waals surface area contributed by atoms with Crippen LogP contribution in [0.2, 0.25) is 0 Å². The van der Waals surface area contributed by atoms with Crippen molar-refractivity contribution in [1.29, 1.82) is 0 Å². The summed E-state index contributed by atoms with van der Waals surface area (Å²) in [5, 5.41) is 10.4. The topological polar surface area (TPSA) is 29.5 Å². The zero-order valence-corrected chi connectivity index (χ0v) is 21.3. The molecule has 1 fully saturated rings. The summed E-state index contributed by atoms with van der Waals surface area (Å²) in [5.41, 5.74) is 3.35. The molecular weight excluding hydrogens is 480 g/mol. The molecule has 155 valence electrons. The minimum atomic E-state index is -0.397. The first-order valence-electron chi connectivity index (χ1n) is 10.1. The first kappa shape index (κ1) is 25.1. The van der Waals surface area contributed by atoms with Gasteiger partial charge in [-0.25, -0.2) is 0 Å². The van der Waals surface area contributed by atoms with Gasteiger partial charge in [0.05, 0.1) is 11.9 Å². The minimum Gasteiger partial charge on any atom is -0.665 e. The number of rotatable bonds is 8. The molecule has 2 aromatic carbocycles. The second-order valence-corrected chi connectivity index (χ2v) is 8.90. The minimum absolute atomic E-state index is 0. The zero-order chi connectivity index (χ0) is 20.1. The first-order chi connectivity index (χ1) is 13.5. The fourth-order valence-corrected chi connectivity index (χ4v) is 5.33. The quantitative estimate of drug-likeness (QED) is 0.320. The van der Waals surface area contributed by atoms with Crippen LogP contribution in [0.4, 0.5) is 0 Å². The van der Waals surface area contributed by atoms with Gasteiger partial charge in [0.1, 0.15) is 0 Å². The Bertz CT molecular complexity index is 753. The van der Waals surface area contributed by atoms with Crippen LogP contribution in [-0.4, -0.2) is 15.9 Å². The maximum absolute atomic E-state index is 10.3. The van der Waals surface area contributed by atoms with E-state index in [2.05, 4.69) is 32.2 Å². The van der Waals surface area contributed by atoms with Crippen molar-refractivity contribution in [1.82, 2.24) is 0 Å². The molecule has 3 rings (SSSR count). The number of hydrogen-bond donors (Lipinski definition) is 1. The molecule has 1 N–H and O–H groups in total. The fraction of sp³-hybridized carbons (Fsp3) is 0.458. The second kappa shape index (κ2) is 12.1. The Balaban J connectivity index is 0.00000300. The molecule has 2 nitrogen and oxygen atoms in total. The molecule has 0 spiro atoms. The van der Waals surface area contributed by atoms with Gasteiger partial charge in [-0.3, -0.25) is 0 Å². The van der Waals surface area contributed by atoms with E-state index in [-0.39, 0.29) is 55.3 Å². The molecule has 5 heteroatoms. The molecule has 0 amide bonds. The smallest absolute Gasteiger partial charge is 0.0845 e. The van der Waals surface area contributed by atoms with Crippen LogP contribution in [0.5, 0.6) is 5.75 Å². The van der Waals surface area contributed by atoms with Crippen molar-refractivity contribution >= 4 is 23.2 Å². The van der Waals surface area contributed by atoms with Crippen LogP contribution >= 0.6 is 23.2 Å². The molecule has 1 aliphatic rings. The third-order valence-corrected chi connectivity index (χ3v) is 6.79. The van der Waals surface area contributed by atoms with Crippen LogP contribution in [-0.2, 0) is 39.1 Å². The predicted octanol–water partition coefficient (Wildman–Crippen LogP) is 6.64. The number of aliphatic hydroxyl groups is 1. The Labute approximate surface area is 210 Å². The van der Waals surface area contributed by atoms with Gasteiger partial charge in [0.2, 0.25) is 0 Å². The molecule has 1 radical (unpaired) electrons. The molecule has 0 bridgehead atoms. The summed E-state index contributed by atoms with van der Waals surface area (Å²) >= 11 is 13.4. The largest absolute Gasteiger partial charge is 0.665 e. The summed E-state index contributed by atoms with van der Waals surface area (Å²) in [6.07, 6.45) is 4.16. The van der Waals surface area contributed by atoms with Crippen molar-refractivity contribution < 1.29 is 42.6 Å². The number of unbranched alkanes of at least 4 members (excludes halogenated alkanes) is 1. The van der Waals surface area contributed by atoms with Gasteiger partial charge in [-0.2, -0.15) is 7.11 Å². The number of alkyl halides is 2. The van der Waals surface area contributed by atoms with E-state index in [4.69, 9.17) is 27.9 Å². The SMILES string of the molecule is [CH2-]Oc1cccc(CC2C(Cl)CC(Cl)C2c2ccc(C(O)CCCC)cc2)c1.[Y]. The maximum Gasteiger partial charge on any atom is 0.0845 e. The summed E-state index contributed by atoms with van der Waals surface area (Å²) in [7, 11) is 3.49. The molecule has 5 atom stereocenters. The Hall–Kier alpha value is -0.116. The van der Waals surface area contributed by atoms with E-state index in [0.29, 0.717) is 0 Å². The molecule has 0 heterocycles. The molecule has 5 unspecified atom stereocenters. The molecule has 29 heavy (non-hydrogen) atoms. The summed E-state index contributed by atoms with van der Waals surface area (Å²) in [4.78, 5) is 0. The van der Waals surface area contributed by atoms with Crippen molar-refractivity contribution in [3.8, 4) is 5.75 Å². The van der Waals surface area contributed by atoms with Gasteiger partial charge in [-0.1, -0.05) is 56.2 Å². The number of halogens is 2. The van der Waals surface area contributed by atoms with Crippen molar-refractivity contribution in [3.63, 3.8) is 0 Å². The molecule has 2 aromatic rings. The Kier molecular flexibility index (Phi) is 10.5. The second-order valence-electron chi connectivity index (χ2n) is 7.78. The van der Waals surface area contributed by atoms with Crippen molar-refractivity contribution in [2.75, 3.05) is 0 Å². The fourth-order valence-electron chi connectivity index (χ4n) is 4.28. The molecule has 1 saturated carbocycles. The molecule has 1 aliphatic carbocycles. The number of benzene rings is 2. The average Bonchev–Trinajstić information content (AvgIpc) is 2.99. The van der Waals surface area contributed by atoms with Crippen molar-refractivity contribution in [3.05, 3.63) is 72.3 Å². The van der Waals surface area contributed by atoms with Crippen LogP contribution in [0.1, 0.15) is 61.3 Å². The van der Waals surface area contributed by atoms with Crippen LogP contribution in [0.25, 0.3) is 0 Å². The predicted molar refractivity (Wildman–Crippen MR) is 117 cm³/mol. The van der Waals surface area contributed by atoms with E-state index in [9.17, 15) is 5.11 Å². The number of hydrogen-bond acceptors (Lipinski definition) is 2. The van der Waals surface area contributed by atoms with Gasteiger partial charge in [-0.05, 0) is 54.0 Å². The van der Waals surface area contributed by atoms with Gasteiger partial charge >= 0.3 is 0 Å². The Morgan fingerprint density at radius 2 is 1.86 bits per heavy atom. The number of ether oxygens (including phenoxy) is 1. The molecule has 0 saturated heterocycles. The number of aliphatic hydroxyl groups excluding tert-OH is 1. The monoisotopic (exact) mass is 508 g/mol. The van der Waals surface area contributed by atoms with E-state index in [1.165, 1.54) is 11.1 Å². The van der Waals surface area contributed by atoms with Crippen LogP contribution in [0.3, 0.4) is 0 Å². The van der Waals surface area contributed by atoms with Gasteiger partial charge in [-0.15, -0.1) is 23.2 Å². The van der Waals surface area contributed by atoms with Crippen molar-refractivity contribution in [2.45, 2.75) is 61.8 Å². The van der Waals surface area contributed by atoms with E-state index in [1.807, 2.05) is 30.3 Å². The normalized spacial score (nSPS) is 24.7. The van der Waals surface area contributed by atoms with Gasteiger partial charge < -0.3 is 9.84 Å². The zero-order valence-electron chi connectivity index (χ0n) is 16.9. The summed E-state index contributed by atoms with van der Waals surface area (Å²) < 4.78 is 5.11. The van der Waals surface area contributed by atoms with Gasteiger partial charge in [0.25, 0.3) is 0 Å². The average molecular weight is 509 g/mol. The van der Waals surface area contributed by atoms with Crippen LogP contribution in [0, 0.1) is 13.0 Å². The van der Waals surface area contributed by atoms with Gasteiger partial charge in [0, 0.05) is 49.4 Å². The Morgan fingerprint density at radius 3 is 2.52 bits per heavy atom. The van der Waals surface area contributed by atoms with E-state index < -0.39 is 6.10 Å². The van der Waals surface area contributed by atoms with Crippen LogP contribution < -0.4 is 4.74 Å². The summed E-state index contributed by atoms with van der Waals surface area (Å²) in [5.74, 6) is 1.20. The standard InChI is InChI=1S/C24H29Cl2O2.Y/c1-3-4-8-23(27)17-9-11-18(12-10-17)24-20(21(25)15-22(24)26)14-16-6-5-7-19(13-16)28-2;/h5-7,9-13,20-24,27H,2-4,8,14-15H2,1H3;/q-1;. The third-order valence-electron chi connectivity index (χ3n) is 5.84. The third kappa shape index (κ3) is 6.43.